The largest absolute Gasteiger partial charge is 0.456 e. The maximum atomic E-state index is 13.7. The van der Waals surface area contributed by atoms with E-state index in [1.165, 1.54) is 23.9 Å². The van der Waals surface area contributed by atoms with Gasteiger partial charge in [0.05, 0.1) is 5.39 Å². The molecule has 3 rings (SSSR count). The van der Waals surface area contributed by atoms with E-state index in [1.54, 1.807) is 18.2 Å². The highest BCUT2D eigenvalue weighted by atomic mass is 32.2. The lowest BCUT2D eigenvalue weighted by Gasteiger charge is -2.03. The van der Waals surface area contributed by atoms with Crippen molar-refractivity contribution in [3.63, 3.8) is 0 Å². The molecule has 90 valence electrons. The molecule has 0 spiro atoms. The number of benzene rings is 2. The van der Waals surface area contributed by atoms with Gasteiger partial charge in [-0.1, -0.05) is 6.07 Å². The van der Waals surface area contributed by atoms with E-state index in [0.717, 1.165) is 4.90 Å². The van der Waals surface area contributed by atoms with E-state index in [9.17, 15) is 9.18 Å². The van der Waals surface area contributed by atoms with Gasteiger partial charge in [-0.15, -0.1) is 11.8 Å². The fourth-order valence-electron chi connectivity index (χ4n) is 1.97. The van der Waals surface area contributed by atoms with Gasteiger partial charge in [-0.25, -0.2) is 4.39 Å². The molecule has 0 atom stereocenters. The van der Waals surface area contributed by atoms with Crippen molar-refractivity contribution >= 4 is 33.7 Å². The summed E-state index contributed by atoms with van der Waals surface area (Å²) in [6, 6.07) is 9.75. The van der Waals surface area contributed by atoms with Gasteiger partial charge in [0.2, 0.25) is 5.43 Å². The summed E-state index contributed by atoms with van der Waals surface area (Å²) in [5, 5.41) is 0.433. The average Bonchev–Trinajstić information content (AvgIpc) is 2.38. The van der Waals surface area contributed by atoms with Crippen LogP contribution in [0.15, 0.2) is 50.5 Å². The van der Waals surface area contributed by atoms with Crippen LogP contribution in [0.2, 0.25) is 0 Å². The molecule has 0 bridgehead atoms. The molecule has 0 radical (unpaired) electrons. The third-order valence-electron chi connectivity index (χ3n) is 2.85. The summed E-state index contributed by atoms with van der Waals surface area (Å²) in [4.78, 5) is 13.2. The fraction of sp³-hybridized carbons (Fsp3) is 0.0714. The number of halogens is 1. The first-order valence-electron chi connectivity index (χ1n) is 5.40. The minimum Gasteiger partial charge on any atom is -0.456 e. The van der Waals surface area contributed by atoms with Crippen LogP contribution in [-0.4, -0.2) is 6.26 Å². The van der Waals surface area contributed by atoms with Gasteiger partial charge in [0.25, 0.3) is 0 Å². The van der Waals surface area contributed by atoms with Gasteiger partial charge in [-0.2, -0.15) is 0 Å². The second kappa shape index (κ2) is 4.14. The zero-order chi connectivity index (χ0) is 12.7. The SMILES string of the molecule is CSc1ccc2oc3cccc(F)c3c(=O)c2c1. The van der Waals surface area contributed by atoms with Crippen molar-refractivity contribution in [2.45, 2.75) is 4.90 Å². The van der Waals surface area contributed by atoms with Gasteiger partial charge >= 0.3 is 0 Å². The van der Waals surface area contributed by atoms with E-state index in [4.69, 9.17) is 4.42 Å². The Hall–Kier alpha value is -1.81. The van der Waals surface area contributed by atoms with E-state index in [-0.39, 0.29) is 16.4 Å². The molecular formula is C14H9FO2S. The molecule has 1 heterocycles. The summed E-state index contributed by atoms with van der Waals surface area (Å²) in [6.45, 7) is 0. The van der Waals surface area contributed by atoms with Gasteiger partial charge in [-0.05, 0) is 36.6 Å². The molecule has 0 amide bonds. The van der Waals surface area contributed by atoms with E-state index in [2.05, 4.69) is 0 Å². The number of thioether (sulfide) groups is 1. The third-order valence-corrected chi connectivity index (χ3v) is 3.58. The second-order valence-corrected chi connectivity index (χ2v) is 4.79. The maximum absolute atomic E-state index is 13.7. The summed E-state index contributed by atoms with van der Waals surface area (Å²) >= 11 is 1.53. The summed E-state index contributed by atoms with van der Waals surface area (Å²) in [5.41, 5.74) is 0.445. The van der Waals surface area contributed by atoms with Crippen LogP contribution in [0, 0.1) is 5.82 Å². The molecule has 18 heavy (non-hydrogen) atoms. The normalized spacial score (nSPS) is 11.2. The lowest BCUT2D eigenvalue weighted by Crippen LogP contribution is -2.04. The Morgan fingerprint density at radius 2 is 2.00 bits per heavy atom. The maximum Gasteiger partial charge on any atom is 0.203 e. The fourth-order valence-corrected chi connectivity index (χ4v) is 2.41. The van der Waals surface area contributed by atoms with Crippen molar-refractivity contribution in [3.05, 3.63) is 52.4 Å². The van der Waals surface area contributed by atoms with E-state index in [0.29, 0.717) is 11.0 Å². The van der Waals surface area contributed by atoms with E-state index < -0.39 is 5.82 Å². The topological polar surface area (TPSA) is 30.2 Å². The van der Waals surface area contributed by atoms with Crippen LogP contribution in [0.5, 0.6) is 0 Å². The minimum absolute atomic E-state index is 0.0169. The van der Waals surface area contributed by atoms with Crippen molar-refractivity contribution < 1.29 is 8.81 Å². The first-order chi connectivity index (χ1) is 8.70. The van der Waals surface area contributed by atoms with Crippen molar-refractivity contribution in [1.29, 1.82) is 0 Å². The Morgan fingerprint density at radius 3 is 2.78 bits per heavy atom. The second-order valence-electron chi connectivity index (χ2n) is 3.91. The predicted molar refractivity (Wildman–Crippen MR) is 71.7 cm³/mol. The molecule has 3 aromatic rings. The highest BCUT2D eigenvalue weighted by Gasteiger charge is 2.11. The Labute approximate surface area is 106 Å². The monoisotopic (exact) mass is 260 g/mol. The number of hydrogen-bond donors (Lipinski definition) is 0. The first kappa shape index (κ1) is 11.3. The molecule has 0 N–H and O–H groups in total. The number of rotatable bonds is 1. The molecule has 0 unspecified atom stereocenters. The van der Waals surface area contributed by atoms with Gasteiger partial charge in [0.1, 0.15) is 22.4 Å². The van der Waals surface area contributed by atoms with Crippen molar-refractivity contribution in [2.24, 2.45) is 0 Å². The summed E-state index contributed by atoms with van der Waals surface area (Å²) in [6.07, 6.45) is 1.92. The number of hydrogen-bond acceptors (Lipinski definition) is 3. The molecular weight excluding hydrogens is 251 g/mol. The molecule has 4 heteroatoms. The third kappa shape index (κ3) is 1.61. The summed E-state index contributed by atoms with van der Waals surface area (Å²) in [5.74, 6) is -0.544. The Bertz CT molecular complexity index is 808. The first-order valence-corrected chi connectivity index (χ1v) is 6.62. The van der Waals surface area contributed by atoms with Crippen molar-refractivity contribution in [1.82, 2.24) is 0 Å². The molecule has 0 aliphatic heterocycles. The van der Waals surface area contributed by atoms with Crippen LogP contribution in [-0.2, 0) is 0 Å². The Balaban J connectivity index is 2.54. The lowest BCUT2D eigenvalue weighted by molar-refractivity contribution is 0.625. The zero-order valence-electron chi connectivity index (χ0n) is 9.57. The lowest BCUT2D eigenvalue weighted by atomic mass is 10.1. The van der Waals surface area contributed by atoms with Crippen molar-refractivity contribution in [3.8, 4) is 0 Å². The quantitative estimate of drug-likeness (QED) is 0.492. The average molecular weight is 260 g/mol. The molecule has 0 aliphatic rings. The molecule has 0 saturated heterocycles. The smallest absolute Gasteiger partial charge is 0.203 e. The van der Waals surface area contributed by atoms with Gasteiger partial charge in [0.15, 0.2) is 0 Å². The summed E-state index contributed by atoms with van der Waals surface area (Å²) in [7, 11) is 0. The van der Waals surface area contributed by atoms with Gasteiger partial charge in [-0.3, -0.25) is 4.79 Å². The standard InChI is InChI=1S/C14H9FO2S/c1-18-8-5-6-11-9(7-8)14(16)13-10(15)3-2-4-12(13)17-11/h2-7H,1H3. The Morgan fingerprint density at radius 1 is 1.17 bits per heavy atom. The van der Waals surface area contributed by atoms with Crippen molar-refractivity contribution in [2.75, 3.05) is 6.26 Å². The molecule has 0 fully saturated rings. The predicted octanol–water partition coefficient (Wildman–Crippen LogP) is 3.81. The molecule has 2 nitrogen and oxygen atoms in total. The van der Waals surface area contributed by atoms with Crippen LogP contribution in [0.1, 0.15) is 0 Å². The van der Waals surface area contributed by atoms with Crippen LogP contribution < -0.4 is 5.43 Å². The zero-order valence-corrected chi connectivity index (χ0v) is 10.4. The Kier molecular flexibility index (Phi) is 2.59. The molecule has 0 saturated carbocycles. The molecule has 1 aromatic heterocycles. The van der Waals surface area contributed by atoms with E-state index >= 15 is 0 Å². The van der Waals surface area contributed by atoms with Crippen LogP contribution >= 0.6 is 11.8 Å². The highest BCUT2D eigenvalue weighted by Crippen LogP contribution is 2.24. The van der Waals surface area contributed by atoms with Gasteiger partial charge < -0.3 is 4.42 Å². The summed E-state index contributed by atoms with van der Waals surface area (Å²) < 4.78 is 19.3. The van der Waals surface area contributed by atoms with Gasteiger partial charge in [0, 0.05) is 4.90 Å². The number of fused-ring (bicyclic) bond motifs is 2. The molecule has 0 aliphatic carbocycles. The van der Waals surface area contributed by atoms with Crippen LogP contribution in [0.25, 0.3) is 21.9 Å². The highest BCUT2D eigenvalue weighted by molar-refractivity contribution is 7.98. The van der Waals surface area contributed by atoms with Crippen LogP contribution in [0.4, 0.5) is 4.39 Å². The molecule has 2 aromatic carbocycles. The van der Waals surface area contributed by atoms with Crippen LogP contribution in [0.3, 0.4) is 0 Å². The van der Waals surface area contributed by atoms with E-state index in [1.807, 2.05) is 12.3 Å². The minimum atomic E-state index is -0.544.